The van der Waals surface area contributed by atoms with Crippen molar-refractivity contribution in [3.05, 3.63) is 35.9 Å². The van der Waals surface area contributed by atoms with Crippen molar-refractivity contribution in [1.82, 2.24) is 9.80 Å². The summed E-state index contributed by atoms with van der Waals surface area (Å²) in [4.78, 5) is 16.6. The molecule has 0 saturated carbocycles. The molecule has 2 aliphatic heterocycles. The Balaban J connectivity index is 1.61. The van der Waals surface area contributed by atoms with Gasteiger partial charge >= 0.3 is 5.97 Å². The van der Waals surface area contributed by atoms with Crippen LogP contribution < -0.4 is 4.74 Å². The maximum Gasteiger partial charge on any atom is 0.311 e. The van der Waals surface area contributed by atoms with E-state index in [1.807, 2.05) is 24.3 Å². The highest BCUT2D eigenvalue weighted by atomic mass is 16.5. The minimum Gasteiger partial charge on any atom is -0.497 e. The fourth-order valence-corrected chi connectivity index (χ4v) is 4.26. The molecule has 2 saturated heterocycles. The van der Waals surface area contributed by atoms with E-state index in [-0.39, 0.29) is 6.04 Å². The van der Waals surface area contributed by atoms with Gasteiger partial charge in [0.15, 0.2) is 0 Å². The van der Waals surface area contributed by atoms with Crippen LogP contribution in [0, 0.1) is 5.41 Å². The third-order valence-corrected chi connectivity index (χ3v) is 5.82. The van der Waals surface area contributed by atoms with Gasteiger partial charge in [-0.1, -0.05) is 24.3 Å². The summed E-state index contributed by atoms with van der Waals surface area (Å²) in [5, 5.41) is 9.83. The number of carboxylic acids is 1. The average molecular weight is 344 g/mol. The van der Waals surface area contributed by atoms with Crippen LogP contribution in [0.2, 0.25) is 0 Å². The molecule has 0 aromatic heterocycles. The highest BCUT2D eigenvalue weighted by molar-refractivity contribution is 5.76. The number of piperidine rings is 2. The molecule has 0 spiro atoms. The van der Waals surface area contributed by atoms with E-state index in [1.54, 1.807) is 7.11 Å². The molecule has 2 atom stereocenters. The lowest BCUT2D eigenvalue weighted by molar-refractivity contribution is -0.162. The van der Waals surface area contributed by atoms with Crippen LogP contribution in [0.1, 0.15) is 24.8 Å². The van der Waals surface area contributed by atoms with Crippen LogP contribution in [0.5, 0.6) is 5.75 Å². The predicted molar refractivity (Wildman–Crippen MR) is 98.8 cm³/mol. The van der Waals surface area contributed by atoms with Gasteiger partial charge in [-0.25, -0.2) is 0 Å². The Morgan fingerprint density at radius 2 is 2.08 bits per heavy atom. The molecule has 2 aliphatic rings. The Bertz CT molecular complexity index is 628. The van der Waals surface area contributed by atoms with E-state index in [1.165, 1.54) is 0 Å². The first-order valence-corrected chi connectivity index (χ1v) is 9.02. The van der Waals surface area contributed by atoms with Crippen LogP contribution in [0.3, 0.4) is 0 Å². The van der Waals surface area contributed by atoms with E-state index >= 15 is 0 Å². The van der Waals surface area contributed by atoms with Gasteiger partial charge in [0.2, 0.25) is 0 Å². The monoisotopic (exact) mass is 344 g/mol. The summed E-state index contributed by atoms with van der Waals surface area (Å²) in [6, 6.07) is 8.10. The zero-order valence-electron chi connectivity index (χ0n) is 15.1. The van der Waals surface area contributed by atoms with Crippen LogP contribution in [-0.4, -0.2) is 67.3 Å². The van der Waals surface area contributed by atoms with Crippen LogP contribution in [0.25, 0.3) is 6.08 Å². The summed E-state index contributed by atoms with van der Waals surface area (Å²) in [5.74, 6) is 0.246. The number of likely N-dealkylation sites (N-methyl/N-ethyl adjacent to an activating group) is 1. The Hall–Kier alpha value is -1.85. The van der Waals surface area contributed by atoms with Crippen molar-refractivity contribution in [2.75, 3.05) is 40.3 Å². The maximum atomic E-state index is 11.9. The first-order valence-electron chi connectivity index (χ1n) is 9.02. The smallest absolute Gasteiger partial charge is 0.311 e. The zero-order valence-corrected chi connectivity index (χ0v) is 15.1. The molecule has 2 fully saturated rings. The SMILES string of the molecule is COc1ccc(C=CCN2CC[C@@]3(C(=O)O)CCCN(C)[C@H]3C2)cc1. The van der Waals surface area contributed by atoms with Crippen molar-refractivity contribution in [1.29, 1.82) is 0 Å². The number of hydrogen-bond donors (Lipinski definition) is 1. The van der Waals surface area contributed by atoms with Gasteiger partial charge in [0, 0.05) is 19.1 Å². The van der Waals surface area contributed by atoms with E-state index < -0.39 is 11.4 Å². The lowest BCUT2D eigenvalue weighted by Gasteiger charge is -2.51. The number of hydrogen-bond acceptors (Lipinski definition) is 4. The third-order valence-electron chi connectivity index (χ3n) is 5.82. The Morgan fingerprint density at radius 1 is 1.32 bits per heavy atom. The number of rotatable bonds is 5. The highest BCUT2D eigenvalue weighted by Gasteiger charge is 2.51. The molecule has 0 amide bonds. The molecule has 3 rings (SSSR count). The minimum absolute atomic E-state index is 0.113. The number of fused-ring (bicyclic) bond motifs is 1. The van der Waals surface area contributed by atoms with E-state index in [2.05, 4.69) is 29.0 Å². The van der Waals surface area contributed by atoms with Gasteiger partial charge < -0.3 is 14.7 Å². The van der Waals surface area contributed by atoms with Crippen molar-refractivity contribution < 1.29 is 14.6 Å². The van der Waals surface area contributed by atoms with E-state index in [9.17, 15) is 9.90 Å². The van der Waals surface area contributed by atoms with Crippen molar-refractivity contribution >= 4 is 12.0 Å². The number of benzene rings is 1. The molecule has 0 bridgehead atoms. The Morgan fingerprint density at radius 3 is 2.76 bits per heavy atom. The van der Waals surface area contributed by atoms with Gasteiger partial charge in [-0.05, 0) is 57.1 Å². The van der Waals surface area contributed by atoms with Crippen LogP contribution in [0.4, 0.5) is 0 Å². The second-order valence-electron chi connectivity index (χ2n) is 7.25. The molecular formula is C20H28N2O3. The lowest BCUT2D eigenvalue weighted by Crippen LogP contribution is -2.63. The largest absolute Gasteiger partial charge is 0.497 e. The second kappa shape index (κ2) is 7.58. The highest BCUT2D eigenvalue weighted by Crippen LogP contribution is 2.42. The Kier molecular flexibility index (Phi) is 5.45. The molecular weight excluding hydrogens is 316 g/mol. The first-order chi connectivity index (χ1) is 12.0. The normalized spacial score (nSPS) is 28.0. The summed E-state index contributed by atoms with van der Waals surface area (Å²) in [6.07, 6.45) is 6.82. The molecule has 5 nitrogen and oxygen atoms in total. The minimum atomic E-state index is -0.613. The number of nitrogens with zero attached hydrogens (tertiary/aromatic N) is 2. The molecule has 136 valence electrons. The topological polar surface area (TPSA) is 53.0 Å². The Labute approximate surface area is 149 Å². The number of ether oxygens (including phenoxy) is 1. The number of aliphatic carboxylic acids is 1. The van der Waals surface area contributed by atoms with Crippen LogP contribution >= 0.6 is 0 Å². The van der Waals surface area contributed by atoms with Crippen molar-refractivity contribution in [2.45, 2.75) is 25.3 Å². The molecule has 2 heterocycles. The lowest BCUT2D eigenvalue weighted by atomic mass is 9.68. The van der Waals surface area contributed by atoms with Crippen LogP contribution in [0.15, 0.2) is 30.3 Å². The quantitative estimate of drug-likeness (QED) is 0.890. The number of carboxylic acid groups (broad SMARTS) is 1. The number of carbonyl (C=O) groups is 1. The van der Waals surface area contributed by atoms with Gasteiger partial charge in [-0.2, -0.15) is 0 Å². The van der Waals surface area contributed by atoms with Gasteiger partial charge in [-0.15, -0.1) is 0 Å². The number of methoxy groups -OCH3 is 1. The van der Waals surface area contributed by atoms with E-state index in [0.717, 1.165) is 56.8 Å². The van der Waals surface area contributed by atoms with Crippen molar-refractivity contribution in [3.63, 3.8) is 0 Å². The summed E-state index contributed by atoms with van der Waals surface area (Å²) >= 11 is 0. The van der Waals surface area contributed by atoms with E-state index in [4.69, 9.17) is 4.74 Å². The summed E-state index contributed by atoms with van der Waals surface area (Å²) < 4.78 is 5.17. The molecule has 0 aliphatic carbocycles. The second-order valence-corrected chi connectivity index (χ2v) is 7.25. The number of likely N-dealkylation sites (tertiary alicyclic amines) is 2. The van der Waals surface area contributed by atoms with Gasteiger partial charge in [0.25, 0.3) is 0 Å². The van der Waals surface area contributed by atoms with Crippen molar-refractivity contribution in [2.24, 2.45) is 5.41 Å². The van der Waals surface area contributed by atoms with E-state index in [0.29, 0.717) is 0 Å². The summed E-state index contributed by atoms with van der Waals surface area (Å²) in [7, 11) is 3.73. The third kappa shape index (κ3) is 3.72. The molecule has 0 unspecified atom stereocenters. The first kappa shape index (κ1) is 18.0. The maximum absolute atomic E-state index is 11.9. The van der Waals surface area contributed by atoms with Crippen molar-refractivity contribution in [3.8, 4) is 5.75 Å². The molecule has 1 N–H and O–H groups in total. The molecule has 1 aromatic rings. The molecule has 5 heteroatoms. The molecule has 25 heavy (non-hydrogen) atoms. The zero-order chi connectivity index (χ0) is 17.9. The standard InChI is InChI=1S/C20H28N2O3/c1-21-12-4-10-20(19(23)24)11-14-22(15-18(20)21)13-3-5-16-6-8-17(25-2)9-7-16/h3,5-9,18H,4,10-15H2,1-2H3,(H,23,24)/t18-,20-/m0/s1. The summed E-state index contributed by atoms with van der Waals surface area (Å²) in [6.45, 7) is 3.53. The summed E-state index contributed by atoms with van der Waals surface area (Å²) in [5.41, 5.74) is 0.593. The average Bonchev–Trinajstić information content (AvgIpc) is 2.63. The molecule has 1 aromatic carbocycles. The van der Waals surface area contributed by atoms with Gasteiger partial charge in [0.1, 0.15) is 5.75 Å². The fourth-order valence-electron chi connectivity index (χ4n) is 4.26. The van der Waals surface area contributed by atoms with Gasteiger partial charge in [0.05, 0.1) is 12.5 Å². The van der Waals surface area contributed by atoms with Crippen LogP contribution in [-0.2, 0) is 4.79 Å². The predicted octanol–water partition coefficient (Wildman–Crippen LogP) is 2.58. The van der Waals surface area contributed by atoms with Gasteiger partial charge in [-0.3, -0.25) is 9.69 Å². The molecule has 0 radical (unpaired) electrons. The fraction of sp³-hybridized carbons (Fsp3) is 0.550.